The molecule has 1 saturated heterocycles. The van der Waals surface area contributed by atoms with Crippen molar-refractivity contribution in [2.75, 3.05) is 13.1 Å². The van der Waals surface area contributed by atoms with E-state index in [0.717, 1.165) is 25.9 Å². The SMILES string of the molecule is CCCC(C)N1CCC(C)(O)CC1. The molecule has 1 aliphatic rings. The number of hydrogen-bond acceptors (Lipinski definition) is 2. The minimum Gasteiger partial charge on any atom is -0.390 e. The number of rotatable bonds is 3. The summed E-state index contributed by atoms with van der Waals surface area (Å²) in [6.07, 6.45) is 4.40. The number of aliphatic hydroxyl groups is 1. The Labute approximate surface area is 81.9 Å². The van der Waals surface area contributed by atoms with E-state index in [9.17, 15) is 5.11 Å². The van der Waals surface area contributed by atoms with Crippen molar-refractivity contribution in [3.05, 3.63) is 0 Å². The molecule has 0 aromatic rings. The average molecular weight is 185 g/mol. The molecule has 0 aromatic heterocycles. The van der Waals surface area contributed by atoms with E-state index in [1.54, 1.807) is 0 Å². The van der Waals surface area contributed by atoms with Gasteiger partial charge < -0.3 is 10.0 Å². The van der Waals surface area contributed by atoms with Crippen LogP contribution >= 0.6 is 0 Å². The van der Waals surface area contributed by atoms with Gasteiger partial charge in [0.2, 0.25) is 0 Å². The number of likely N-dealkylation sites (tertiary alicyclic amines) is 1. The van der Waals surface area contributed by atoms with Gasteiger partial charge >= 0.3 is 0 Å². The Kier molecular flexibility index (Phi) is 3.74. The van der Waals surface area contributed by atoms with E-state index in [0.29, 0.717) is 6.04 Å². The summed E-state index contributed by atoms with van der Waals surface area (Å²) >= 11 is 0. The fraction of sp³-hybridized carbons (Fsp3) is 1.00. The van der Waals surface area contributed by atoms with Crippen molar-refractivity contribution >= 4 is 0 Å². The molecule has 2 nitrogen and oxygen atoms in total. The Morgan fingerprint density at radius 3 is 2.38 bits per heavy atom. The fourth-order valence-corrected chi connectivity index (χ4v) is 2.05. The van der Waals surface area contributed by atoms with Crippen molar-refractivity contribution in [2.24, 2.45) is 0 Å². The summed E-state index contributed by atoms with van der Waals surface area (Å²) in [5.74, 6) is 0. The second-order valence-electron chi connectivity index (χ2n) is 4.67. The molecule has 0 aliphatic carbocycles. The van der Waals surface area contributed by atoms with E-state index >= 15 is 0 Å². The van der Waals surface area contributed by atoms with Gasteiger partial charge in [-0.05, 0) is 33.1 Å². The van der Waals surface area contributed by atoms with Gasteiger partial charge in [0.15, 0.2) is 0 Å². The first-order valence-corrected chi connectivity index (χ1v) is 5.51. The third-order valence-corrected chi connectivity index (χ3v) is 3.20. The lowest BCUT2D eigenvalue weighted by Crippen LogP contribution is -2.46. The molecular formula is C11H23NO. The molecule has 1 fully saturated rings. The highest BCUT2D eigenvalue weighted by Gasteiger charge is 2.28. The zero-order valence-electron chi connectivity index (χ0n) is 9.21. The lowest BCUT2D eigenvalue weighted by molar-refractivity contribution is -0.0154. The molecule has 0 radical (unpaired) electrons. The first kappa shape index (κ1) is 11.0. The van der Waals surface area contributed by atoms with Crippen LogP contribution in [0.25, 0.3) is 0 Å². The Hall–Kier alpha value is -0.0800. The van der Waals surface area contributed by atoms with E-state index in [2.05, 4.69) is 18.7 Å². The molecule has 1 aliphatic heterocycles. The van der Waals surface area contributed by atoms with Crippen LogP contribution in [-0.4, -0.2) is 34.7 Å². The van der Waals surface area contributed by atoms with Crippen LogP contribution in [0.3, 0.4) is 0 Å². The Balaban J connectivity index is 2.32. The topological polar surface area (TPSA) is 23.5 Å². The molecule has 0 aromatic carbocycles. The maximum atomic E-state index is 9.78. The second-order valence-corrected chi connectivity index (χ2v) is 4.67. The minimum atomic E-state index is -0.400. The third kappa shape index (κ3) is 3.28. The Bertz CT molecular complexity index is 146. The molecule has 1 N–H and O–H groups in total. The van der Waals surface area contributed by atoms with Crippen LogP contribution in [0.15, 0.2) is 0 Å². The van der Waals surface area contributed by atoms with Gasteiger partial charge in [0, 0.05) is 19.1 Å². The van der Waals surface area contributed by atoms with Crippen LogP contribution in [0.1, 0.15) is 46.5 Å². The quantitative estimate of drug-likeness (QED) is 0.727. The Morgan fingerprint density at radius 1 is 1.38 bits per heavy atom. The molecule has 2 heteroatoms. The zero-order valence-corrected chi connectivity index (χ0v) is 9.21. The molecule has 1 atom stereocenters. The Morgan fingerprint density at radius 2 is 1.92 bits per heavy atom. The first-order valence-electron chi connectivity index (χ1n) is 5.51. The van der Waals surface area contributed by atoms with Crippen LogP contribution in [0.2, 0.25) is 0 Å². The normalized spacial score (nSPS) is 25.8. The predicted molar refractivity (Wildman–Crippen MR) is 55.8 cm³/mol. The first-order chi connectivity index (χ1) is 6.05. The molecule has 0 saturated carbocycles. The van der Waals surface area contributed by atoms with Gasteiger partial charge in [-0.15, -0.1) is 0 Å². The van der Waals surface area contributed by atoms with E-state index in [1.807, 2.05) is 6.92 Å². The standard InChI is InChI=1S/C11H23NO/c1-4-5-10(2)12-8-6-11(3,13)7-9-12/h10,13H,4-9H2,1-3H3. The summed E-state index contributed by atoms with van der Waals surface area (Å²) in [7, 11) is 0. The van der Waals surface area contributed by atoms with E-state index < -0.39 is 5.60 Å². The third-order valence-electron chi connectivity index (χ3n) is 3.20. The highest BCUT2D eigenvalue weighted by molar-refractivity contribution is 4.83. The molecule has 1 heterocycles. The van der Waals surface area contributed by atoms with Crippen LogP contribution in [-0.2, 0) is 0 Å². The summed E-state index contributed by atoms with van der Waals surface area (Å²) in [6.45, 7) is 8.61. The van der Waals surface area contributed by atoms with Gasteiger partial charge in [-0.1, -0.05) is 13.3 Å². The lowest BCUT2D eigenvalue weighted by Gasteiger charge is -2.39. The van der Waals surface area contributed by atoms with Crippen molar-refractivity contribution in [2.45, 2.75) is 58.1 Å². The summed E-state index contributed by atoms with van der Waals surface area (Å²) in [4.78, 5) is 2.50. The molecule has 1 rings (SSSR count). The molecular weight excluding hydrogens is 162 g/mol. The van der Waals surface area contributed by atoms with Gasteiger partial charge in [-0.2, -0.15) is 0 Å². The minimum absolute atomic E-state index is 0.400. The molecule has 0 bridgehead atoms. The maximum absolute atomic E-state index is 9.78. The van der Waals surface area contributed by atoms with E-state index in [1.165, 1.54) is 12.8 Å². The van der Waals surface area contributed by atoms with Crippen molar-refractivity contribution in [3.8, 4) is 0 Å². The van der Waals surface area contributed by atoms with Crippen molar-refractivity contribution in [1.82, 2.24) is 4.90 Å². The van der Waals surface area contributed by atoms with Crippen molar-refractivity contribution in [1.29, 1.82) is 0 Å². The maximum Gasteiger partial charge on any atom is 0.0644 e. The lowest BCUT2D eigenvalue weighted by atomic mass is 9.92. The van der Waals surface area contributed by atoms with Crippen molar-refractivity contribution in [3.63, 3.8) is 0 Å². The second kappa shape index (κ2) is 4.43. The van der Waals surface area contributed by atoms with E-state index in [-0.39, 0.29) is 0 Å². The van der Waals surface area contributed by atoms with Crippen LogP contribution in [0.5, 0.6) is 0 Å². The highest BCUT2D eigenvalue weighted by atomic mass is 16.3. The number of nitrogens with zero attached hydrogens (tertiary/aromatic N) is 1. The summed E-state index contributed by atoms with van der Waals surface area (Å²) in [5, 5.41) is 9.78. The van der Waals surface area contributed by atoms with Crippen LogP contribution in [0.4, 0.5) is 0 Å². The molecule has 1 unspecified atom stereocenters. The molecule has 78 valence electrons. The average Bonchev–Trinajstić information content (AvgIpc) is 2.04. The monoisotopic (exact) mass is 185 g/mol. The summed E-state index contributed by atoms with van der Waals surface area (Å²) in [6, 6.07) is 0.695. The van der Waals surface area contributed by atoms with Gasteiger partial charge in [-0.25, -0.2) is 0 Å². The number of hydrogen-bond donors (Lipinski definition) is 1. The van der Waals surface area contributed by atoms with Crippen LogP contribution < -0.4 is 0 Å². The number of piperidine rings is 1. The molecule has 0 amide bonds. The van der Waals surface area contributed by atoms with Gasteiger partial charge in [0.05, 0.1) is 5.60 Å². The van der Waals surface area contributed by atoms with Crippen LogP contribution in [0, 0.1) is 0 Å². The smallest absolute Gasteiger partial charge is 0.0644 e. The van der Waals surface area contributed by atoms with E-state index in [4.69, 9.17) is 0 Å². The largest absolute Gasteiger partial charge is 0.390 e. The van der Waals surface area contributed by atoms with Gasteiger partial charge in [0.1, 0.15) is 0 Å². The fourth-order valence-electron chi connectivity index (χ4n) is 2.05. The van der Waals surface area contributed by atoms with Gasteiger partial charge in [0.25, 0.3) is 0 Å². The zero-order chi connectivity index (χ0) is 9.90. The predicted octanol–water partition coefficient (Wildman–Crippen LogP) is 2.02. The summed E-state index contributed by atoms with van der Waals surface area (Å²) in [5.41, 5.74) is -0.400. The summed E-state index contributed by atoms with van der Waals surface area (Å²) < 4.78 is 0. The molecule has 13 heavy (non-hydrogen) atoms. The highest BCUT2D eigenvalue weighted by Crippen LogP contribution is 2.23. The van der Waals surface area contributed by atoms with Crippen molar-refractivity contribution < 1.29 is 5.11 Å². The molecule has 0 spiro atoms. The van der Waals surface area contributed by atoms with Gasteiger partial charge in [-0.3, -0.25) is 0 Å².